The van der Waals surface area contributed by atoms with Crippen molar-refractivity contribution in [1.29, 1.82) is 0 Å². The Morgan fingerprint density at radius 3 is 2.75 bits per heavy atom. The van der Waals surface area contributed by atoms with Crippen molar-refractivity contribution in [2.45, 2.75) is 30.6 Å². The zero-order valence-corrected chi connectivity index (χ0v) is 21.1. The first-order valence-corrected chi connectivity index (χ1v) is 13.0. The first-order valence-electron chi connectivity index (χ1n) is 12.1. The minimum absolute atomic E-state index is 0.0637. The van der Waals surface area contributed by atoms with Crippen LogP contribution in [0, 0.1) is 0 Å². The predicted molar refractivity (Wildman–Crippen MR) is 143 cm³/mol. The Labute approximate surface area is 213 Å². The lowest BCUT2D eigenvalue weighted by Crippen LogP contribution is -2.27. The molecule has 1 N–H and O–H groups in total. The number of fused-ring (bicyclic) bond motifs is 2. The molecule has 6 rings (SSSR count). The molecule has 0 spiro atoms. The number of rotatable bonds is 8. The second-order valence-electron chi connectivity index (χ2n) is 9.24. The van der Waals surface area contributed by atoms with Crippen LogP contribution in [-0.4, -0.2) is 50.5 Å². The van der Waals surface area contributed by atoms with E-state index >= 15 is 0 Å². The van der Waals surface area contributed by atoms with Crippen molar-refractivity contribution in [3.05, 3.63) is 72.4 Å². The number of H-pyrrole nitrogens is 1. The Hall–Kier alpha value is -3.78. The average molecular weight is 498 g/mol. The normalized spacial score (nSPS) is 13.4. The molecular weight excluding hydrogens is 470 g/mol. The third kappa shape index (κ3) is 4.33. The van der Waals surface area contributed by atoms with E-state index in [1.54, 1.807) is 12.0 Å². The highest BCUT2D eigenvalue weighted by Crippen LogP contribution is 2.42. The lowest BCUT2D eigenvalue weighted by atomic mass is 10.1. The number of hydrogen-bond donors (Lipinski definition) is 1. The average Bonchev–Trinajstić information content (AvgIpc) is 3.52. The van der Waals surface area contributed by atoms with Crippen molar-refractivity contribution in [2.24, 2.45) is 0 Å². The molecule has 0 atom stereocenters. The number of nitrogens with one attached hydrogen (secondary N) is 1. The number of amides is 1. The third-order valence-electron chi connectivity index (χ3n) is 6.69. The smallest absolute Gasteiger partial charge is 0.233 e. The summed E-state index contributed by atoms with van der Waals surface area (Å²) in [6, 6.07) is 20.9. The van der Waals surface area contributed by atoms with Crippen LogP contribution in [0.2, 0.25) is 0 Å². The minimum Gasteiger partial charge on any atom is -0.497 e. The van der Waals surface area contributed by atoms with Gasteiger partial charge in [-0.05, 0) is 53.4 Å². The van der Waals surface area contributed by atoms with Crippen LogP contribution < -0.4 is 4.74 Å². The first kappa shape index (κ1) is 22.7. The lowest BCUT2D eigenvalue weighted by molar-refractivity contribution is -0.127. The number of hydrogen-bond acceptors (Lipinski definition) is 5. The van der Waals surface area contributed by atoms with Crippen molar-refractivity contribution in [2.75, 3.05) is 19.9 Å². The number of carbonyl (C=O) groups is 1. The molecule has 2 heterocycles. The second kappa shape index (κ2) is 9.35. The predicted octanol–water partition coefficient (Wildman–Crippen LogP) is 5.67. The van der Waals surface area contributed by atoms with Crippen molar-refractivity contribution in [1.82, 2.24) is 24.6 Å². The summed E-state index contributed by atoms with van der Waals surface area (Å²) in [5, 5.41) is 13.2. The van der Waals surface area contributed by atoms with Gasteiger partial charge in [0, 0.05) is 42.3 Å². The van der Waals surface area contributed by atoms with Gasteiger partial charge in [-0.25, -0.2) is 0 Å². The maximum Gasteiger partial charge on any atom is 0.233 e. The molecule has 8 heteroatoms. The van der Waals surface area contributed by atoms with Crippen LogP contribution in [0.5, 0.6) is 5.75 Å². The van der Waals surface area contributed by atoms with Gasteiger partial charge in [0.25, 0.3) is 0 Å². The molecule has 1 saturated carbocycles. The molecule has 1 fully saturated rings. The highest BCUT2D eigenvalue weighted by Gasteiger charge is 2.31. The monoisotopic (exact) mass is 497 g/mol. The van der Waals surface area contributed by atoms with Crippen LogP contribution in [0.15, 0.2) is 72.0 Å². The number of benzene rings is 3. The fourth-order valence-electron chi connectivity index (χ4n) is 4.57. The molecule has 5 aromatic rings. The molecular formula is C28H27N5O2S. The van der Waals surface area contributed by atoms with Crippen LogP contribution in [0.3, 0.4) is 0 Å². The van der Waals surface area contributed by atoms with Gasteiger partial charge in [-0.15, -0.1) is 10.2 Å². The zero-order valence-electron chi connectivity index (χ0n) is 20.3. The Morgan fingerprint density at radius 1 is 1.11 bits per heavy atom. The zero-order chi connectivity index (χ0) is 24.6. The summed E-state index contributed by atoms with van der Waals surface area (Å²) in [5.74, 6) is 2.09. The summed E-state index contributed by atoms with van der Waals surface area (Å²) in [5.41, 5.74) is 3.22. The summed E-state index contributed by atoms with van der Waals surface area (Å²) in [7, 11) is 3.52. The van der Waals surface area contributed by atoms with Gasteiger partial charge in [0.2, 0.25) is 5.91 Å². The molecule has 182 valence electrons. The Bertz CT molecular complexity index is 1570. The largest absolute Gasteiger partial charge is 0.497 e. The van der Waals surface area contributed by atoms with Crippen molar-refractivity contribution >= 4 is 39.3 Å². The Morgan fingerprint density at radius 2 is 1.92 bits per heavy atom. The minimum atomic E-state index is 0.0637. The molecule has 0 saturated heterocycles. The van der Waals surface area contributed by atoms with Gasteiger partial charge in [0.05, 0.1) is 12.9 Å². The van der Waals surface area contributed by atoms with E-state index in [4.69, 9.17) is 4.74 Å². The van der Waals surface area contributed by atoms with Crippen LogP contribution >= 0.6 is 11.8 Å². The summed E-state index contributed by atoms with van der Waals surface area (Å²) in [6.07, 6.45) is 4.23. The number of aromatic nitrogens is 4. The van der Waals surface area contributed by atoms with Crippen molar-refractivity contribution in [3.63, 3.8) is 0 Å². The highest BCUT2D eigenvalue weighted by molar-refractivity contribution is 7.99. The first-order chi connectivity index (χ1) is 17.6. The summed E-state index contributed by atoms with van der Waals surface area (Å²) in [4.78, 5) is 18.1. The van der Waals surface area contributed by atoms with E-state index in [9.17, 15) is 4.79 Å². The van der Waals surface area contributed by atoms with Gasteiger partial charge < -0.3 is 14.6 Å². The van der Waals surface area contributed by atoms with Gasteiger partial charge in [0.15, 0.2) is 11.0 Å². The molecule has 0 bridgehead atoms. The number of thioether (sulfide) groups is 1. The van der Waals surface area contributed by atoms with Crippen molar-refractivity contribution < 1.29 is 9.53 Å². The molecule has 36 heavy (non-hydrogen) atoms. The molecule has 1 aliphatic carbocycles. The number of carbonyl (C=O) groups excluding carboxylic acids is 1. The molecule has 0 unspecified atom stereocenters. The van der Waals surface area contributed by atoms with E-state index in [-0.39, 0.29) is 5.91 Å². The van der Waals surface area contributed by atoms with Gasteiger partial charge in [-0.1, -0.05) is 48.2 Å². The molecule has 0 radical (unpaired) electrons. The van der Waals surface area contributed by atoms with E-state index < -0.39 is 0 Å². The number of ether oxygens (including phenoxy) is 1. The SMILES string of the molecule is COc1ccc2cc(CN(C)C(=O)CSc3nnc(-c4c[nH]c5ccccc45)n3C3CC3)ccc2c1. The van der Waals surface area contributed by atoms with Crippen LogP contribution in [0.4, 0.5) is 0 Å². The fourth-order valence-corrected chi connectivity index (χ4v) is 5.52. The van der Waals surface area contributed by atoms with Gasteiger partial charge in [0.1, 0.15) is 5.75 Å². The molecule has 1 aliphatic rings. The van der Waals surface area contributed by atoms with Crippen LogP contribution in [0.1, 0.15) is 24.4 Å². The summed E-state index contributed by atoms with van der Waals surface area (Å²) >= 11 is 1.47. The maximum atomic E-state index is 13.0. The van der Waals surface area contributed by atoms with Gasteiger partial charge in [-0.3, -0.25) is 9.36 Å². The number of aromatic amines is 1. The molecule has 1 amide bonds. The highest BCUT2D eigenvalue weighted by atomic mass is 32.2. The quantitative estimate of drug-likeness (QED) is 0.279. The van der Waals surface area contributed by atoms with Gasteiger partial charge in [-0.2, -0.15) is 0 Å². The summed E-state index contributed by atoms with van der Waals surface area (Å²) < 4.78 is 7.53. The van der Waals surface area contributed by atoms with E-state index in [0.717, 1.165) is 62.4 Å². The Balaban J connectivity index is 1.16. The lowest BCUT2D eigenvalue weighted by Gasteiger charge is -2.17. The fraction of sp³-hybridized carbons (Fsp3) is 0.250. The van der Waals surface area contributed by atoms with E-state index in [0.29, 0.717) is 18.3 Å². The number of para-hydroxylation sites is 1. The standard InChI is InChI=1S/C28H27N5O2S/c1-32(16-18-7-8-20-14-22(35-2)12-9-19(20)13-18)26(34)17-36-28-31-30-27(33(28)21-10-11-21)24-15-29-25-6-4-3-5-23(24)25/h3-9,12-15,21,29H,10-11,16-17H2,1-2H3. The molecule has 2 aromatic heterocycles. The third-order valence-corrected chi connectivity index (χ3v) is 7.62. The topological polar surface area (TPSA) is 76.0 Å². The molecule has 0 aliphatic heterocycles. The van der Waals surface area contributed by atoms with E-state index in [2.05, 4.69) is 50.1 Å². The number of methoxy groups -OCH3 is 1. The van der Waals surface area contributed by atoms with Crippen LogP contribution in [0.25, 0.3) is 33.1 Å². The molecule has 3 aromatic carbocycles. The number of nitrogens with zero attached hydrogens (tertiary/aromatic N) is 4. The van der Waals surface area contributed by atoms with Crippen LogP contribution in [-0.2, 0) is 11.3 Å². The van der Waals surface area contributed by atoms with E-state index in [1.807, 2.05) is 43.6 Å². The van der Waals surface area contributed by atoms with Gasteiger partial charge >= 0.3 is 0 Å². The Kier molecular flexibility index (Phi) is 5.89. The summed E-state index contributed by atoms with van der Waals surface area (Å²) in [6.45, 7) is 0.553. The molecule has 7 nitrogen and oxygen atoms in total. The van der Waals surface area contributed by atoms with Crippen molar-refractivity contribution in [3.8, 4) is 17.1 Å². The van der Waals surface area contributed by atoms with E-state index in [1.165, 1.54) is 11.8 Å². The second-order valence-corrected chi connectivity index (χ2v) is 10.2. The maximum absolute atomic E-state index is 13.0.